The SMILES string of the molecule is CCOC(=O)CC1(C)CCc2ccccc2C1=O. The topological polar surface area (TPSA) is 43.4 Å². The predicted octanol–water partition coefficient (Wildman–Crippen LogP) is 2.78. The molecule has 2 rings (SSSR count). The van der Waals surface area contributed by atoms with Gasteiger partial charge in [0.15, 0.2) is 5.78 Å². The molecule has 1 unspecified atom stereocenters. The maximum absolute atomic E-state index is 12.5. The zero-order valence-electron chi connectivity index (χ0n) is 10.9. The molecule has 3 heteroatoms. The van der Waals surface area contributed by atoms with E-state index < -0.39 is 5.41 Å². The first-order valence-electron chi connectivity index (χ1n) is 6.35. The Kier molecular flexibility index (Phi) is 3.50. The van der Waals surface area contributed by atoms with Gasteiger partial charge in [0.1, 0.15) is 0 Å². The Hall–Kier alpha value is -1.64. The second-order valence-corrected chi connectivity index (χ2v) is 5.03. The highest BCUT2D eigenvalue weighted by molar-refractivity contribution is 6.04. The Labute approximate surface area is 107 Å². The van der Waals surface area contributed by atoms with Crippen molar-refractivity contribution < 1.29 is 14.3 Å². The van der Waals surface area contributed by atoms with E-state index in [4.69, 9.17) is 4.74 Å². The summed E-state index contributed by atoms with van der Waals surface area (Å²) in [6, 6.07) is 7.64. The molecule has 0 fully saturated rings. The first-order valence-corrected chi connectivity index (χ1v) is 6.35. The molecule has 0 aromatic heterocycles. The van der Waals surface area contributed by atoms with Crippen molar-refractivity contribution in [2.24, 2.45) is 5.41 Å². The van der Waals surface area contributed by atoms with Gasteiger partial charge in [0, 0.05) is 11.0 Å². The molecule has 1 atom stereocenters. The summed E-state index contributed by atoms with van der Waals surface area (Å²) in [6.45, 7) is 4.00. The second kappa shape index (κ2) is 4.92. The van der Waals surface area contributed by atoms with Gasteiger partial charge in [-0.1, -0.05) is 31.2 Å². The Bertz CT molecular complexity index is 478. The fourth-order valence-corrected chi connectivity index (χ4v) is 2.51. The molecule has 0 saturated carbocycles. The number of esters is 1. The average Bonchev–Trinajstić information content (AvgIpc) is 2.35. The highest BCUT2D eigenvalue weighted by atomic mass is 16.5. The number of Topliss-reactive ketones (excluding diaryl/α,β-unsaturated/α-hetero) is 1. The number of carbonyl (C=O) groups is 2. The van der Waals surface area contributed by atoms with Crippen molar-refractivity contribution in [1.82, 2.24) is 0 Å². The van der Waals surface area contributed by atoms with Gasteiger partial charge in [0.25, 0.3) is 0 Å². The molecule has 0 N–H and O–H groups in total. The minimum absolute atomic E-state index is 0.0670. The Morgan fingerprint density at radius 3 is 2.83 bits per heavy atom. The van der Waals surface area contributed by atoms with Gasteiger partial charge >= 0.3 is 5.97 Å². The zero-order valence-corrected chi connectivity index (χ0v) is 10.9. The number of ether oxygens (including phenoxy) is 1. The fourth-order valence-electron chi connectivity index (χ4n) is 2.51. The van der Waals surface area contributed by atoms with E-state index in [1.54, 1.807) is 6.92 Å². The van der Waals surface area contributed by atoms with Crippen molar-refractivity contribution in [3.63, 3.8) is 0 Å². The molecule has 1 aliphatic carbocycles. The fraction of sp³-hybridized carbons (Fsp3) is 0.467. The Balaban J connectivity index is 2.22. The summed E-state index contributed by atoms with van der Waals surface area (Å²) in [5.41, 5.74) is 1.24. The van der Waals surface area contributed by atoms with Crippen LogP contribution in [0.1, 0.15) is 42.6 Å². The number of fused-ring (bicyclic) bond motifs is 1. The normalized spacial score (nSPS) is 22.4. The van der Waals surface area contributed by atoms with Crippen molar-refractivity contribution in [1.29, 1.82) is 0 Å². The molecule has 96 valence electrons. The summed E-state index contributed by atoms with van der Waals surface area (Å²) in [6.07, 6.45) is 1.73. The predicted molar refractivity (Wildman–Crippen MR) is 68.5 cm³/mol. The van der Waals surface area contributed by atoms with E-state index in [0.717, 1.165) is 17.5 Å². The molecule has 1 aromatic carbocycles. The Morgan fingerprint density at radius 2 is 2.11 bits per heavy atom. The van der Waals surface area contributed by atoms with E-state index >= 15 is 0 Å². The lowest BCUT2D eigenvalue weighted by Crippen LogP contribution is -2.35. The third-order valence-electron chi connectivity index (χ3n) is 3.60. The minimum Gasteiger partial charge on any atom is -0.466 e. The highest BCUT2D eigenvalue weighted by Gasteiger charge is 2.40. The van der Waals surface area contributed by atoms with Crippen LogP contribution in [0.4, 0.5) is 0 Å². The minimum atomic E-state index is -0.611. The summed E-state index contributed by atoms with van der Waals surface area (Å²) < 4.78 is 4.95. The first kappa shape index (κ1) is 12.8. The quantitative estimate of drug-likeness (QED) is 0.770. The largest absolute Gasteiger partial charge is 0.466 e. The smallest absolute Gasteiger partial charge is 0.306 e. The van der Waals surface area contributed by atoms with Gasteiger partial charge in [-0.3, -0.25) is 9.59 Å². The molecule has 0 bridgehead atoms. The van der Waals surface area contributed by atoms with Crippen molar-refractivity contribution in [2.75, 3.05) is 6.61 Å². The lowest BCUT2D eigenvalue weighted by molar-refractivity contribution is -0.145. The zero-order chi connectivity index (χ0) is 13.2. The van der Waals surface area contributed by atoms with Crippen LogP contribution in [0, 0.1) is 5.41 Å². The molecule has 18 heavy (non-hydrogen) atoms. The Morgan fingerprint density at radius 1 is 1.39 bits per heavy atom. The number of carbonyl (C=O) groups excluding carboxylic acids is 2. The van der Waals surface area contributed by atoms with Crippen molar-refractivity contribution in [3.8, 4) is 0 Å². The van der Waals surface area contributed by atoms with E-state index in [1.807, 2.05) is 31.2 Å². The molecular formula is C15H18O3. The van der Waals surface area contributed by atoms with Crippen LogP contribution in [-0.2, 0) is 16.0 Å². The molecule has 1 aliphatic rings. The van der Waals surface area contributed by atoms with E-state index in [1.165, 1.54) is 0 Å². The van der Waals surface area contributed by atoms with Crippen LogP contribution >= 0.6 is 0 Å². The number of hydrogen-bond donors (Lipinski definition) is 0. The summed E-state index contributed by atoms with van der Waals surface area (Å²) in [5, 5.41) is 0. The molecule has 1 aromatic rings. The summed E-state index contributed by atoms with van der Waals surface area (Å²) in [5.74, 6) is -0.217. The highest BCUT2D eigenvalue weighted by Crippen LogP contribution is 2.38. The van der Waals surface area contributed by atoms with Crippen molar-refractivity contribution in [3.05, 3.63) is 35.4 Å². The van der Waals surface area contributed by atoms with Gasteiger partial charge in [-0.2, -0.15) is 0 Å². The molecule has 3 nitrogen and oxygen atoms in total. The van der Waals surface area contributed by atoms with Crippen LogP contribution in [0.2, 0.25) is 0 Å². The molecule has 0 saturated heterocycles. The summed E-state index contributed by atoms with van der Waals surface area (Å²) in [4.78, 5) is 24.1. The van der Waals surface area contributed by atoms with Crippen LogP contribution < -0.4 is 0 Å². The second-order valence-electron chi connectivity index (χ2n) is 5.03. The lowest BCUT2D eigenvalue weighted by Gasteiger charge is -2.32. The first-order chi connectivity index (χ1) is 8.57. The standard InChI is InChI=1S/C15H18O3/c1-3-18-13(16)10-15(2)9-8-11-6-4-5-7-12(11)14(15)17/h4-7H,3,8-10H2,1-2H3. The number of hydrogen-bond acceptors (Lipinski definition) is 3. The third kappa shape index (κ3) is 2.30. The molecule has 0 spiro atoms. The number of ketones is 1. The summed E-state index contributed by atoms with van der Waals surface area (Å²) >= 11 is 0. The van der Waals surface area contributed by atoms with E-state index in [0.29, 0.717) is 13.0 Å². The number of rotatable bonds is 3. The van der Waals surface area contributed by atoms with Crippen LogP contribution in [0.15, 0.2) is 24.3 Å². The maximum atomic E-state index is 12.5. The maximum Gasteiger partial charge on any atom is 0.306 e. The molecular weight excluding hydrogens is 228 g/mol. The van der Waals surface area contributed by atoms with Gasteiger partial charge in [0.2, 0.25) is 0 Å². The molecule has 0 radical (unpaired) electrons. The van der Waals surface area contributed by atoms with E-state index in [9.17, 15) is 9.59 Å². The monoisotopic (exact) mass is 246 g/mol. The van der Waals surface area contributed by atoms with Crippen molar-refractivity contribution in [2.45, 2.75) is 33.1 Å². The molecule has 0 aliphatic heterocycles. The van der Waals surface area contributed by atoms with Crippen LogP contribution in [0.5, 0.6) is 0 Å². The molecule has 0 amide bonds. The van der Waals surface area contributed by atoms with Crippen molar-refractivity contribution >= 4 is 11.8 Å². The lowest BCUT2D eigenvalue weighted by atomic mass is 9.70. The average molecular weight is 246 g/mol. The number of aryl methyl sites for hydroxylation is 1. The number of benzene rings is 1. The van der Waals surface area contributed by atoms with Gasteiger partial charge in [0.05, 0.1) is 13.0 Å². The van der Waals surface area contributed by atoms with Gasteiger partial charge in [-0.05, 0) is 25.3 Å². The van der Waals surface area contributed by atoms with Crippen LogP contribution in [0.3, 0.4) is 0 Å². The van der Waals surface area contributed by atoms with Crippen LogP contribution in [0.25, 0.3) is 0 Å². The van der Waals surface area contributed by atoms with E-state index in [-0.39, 0.29) is 18.2 Å². The van der Waals surface area contributed by atoms with Gasteiger partial charge in [-0.25, -0.2) is 0 Å². The van der Waals surface area contributed by atoms with Gasteiger partial charge < -0.3 is 4.74 Å². The van der Waals surface area contributed by atoms with E-state index in [2.05, 4.69) is 0 Å². The van der Waals surface area contributed by atoms with Crippen LogP contribution in [-0.4, -0.2) is 18.4 Å². The summed E-state index contributed by atoms with van der Waals surface area (Å²) in [7, 11) is 0. The third-order valence-corrected chi connectivity index (χ3v) is 3.60. The molecule has 0 heterocycles. The van der Waals surface area contributed by atoms with Gasteiger partial charge in [-0.15, -0.1) is 0 Å².